The van der Waals surface area contributed by atoms with Crippen LogP contribution in [0.3, 0.4) is 0 Å². The number of hydrogen-bond acceptors (Lipinski definition) is 2. The summed E-state index contributed by atoms with van der Waals surface area (Å²) in [5, 5.41) is 3.46. The maximum absolute atomic E-state index is 6.02. The van der Waals surface area contributed by atoms with E-state index in [-0.39, 0.29) is 11.5 Å². The topological polar surface area (TPSA) is 21.3 Å². The lowest BCUT2D eigenvalue weighted by atomic mass is 9.77. The van der Waals surface area contributed by atoms with Crippen molar-refractivity contribution in [2.24, 2.45) is 0 Å². The first-order valence-corrected chi connectivity index (χ1v) is 6.13. The normalized spacial score (nSPS) is 27.0. The van der Waals surface area contributed by atoms with Crippen molar-refractivity contribution in [1.82, 2.24) is 5.32 Å². The molecule has 1 atom stereocenters. The van der Waals surface area contributed by atoms with E-state index in [4.69, 9.17) is 4.74 Å². The second kappa shape index (κ2) is 3.57. The van der Waals surface area contributed by atoms with Gasteiger partial charge in [0.1, 0.15) is 0 Å². The summed E-state index contributed by atoms with van der Waals surface area (Å²) in [7, 11) is 0. The molecule has 0 amide bonds. The average molecular weight is 217 g/mol. The van der Waals surface area contributed by atoms with Gasteiger partial charge < -0.3 is 10.1 Å². The van der Waals surface area contributed by atoms with E-state index < -0.39 is 0 Å². The number of benzene rings is 1. The van der Waals surface area contributed by atoms with Crippen LogP contribution in [0, 0.1) is 0 Å². The third-order valence-corrected chi connectivity index (χ3v) is 3.79. The van der Waals surface area contributed by atoms with Crippen molar-refractivity contribution in [2.45, 2.75) is 31.8 Å². The molecule has 2 heterocycles. The Balaban J connectivity index is 2.19. The molecule has 2 aliphatic heterocycles. The van der Waals surface area contributed by atoms with E-state index in [1.165, 1.54) is 16.7 Å². The third-order valence-electron chi connectivity index (χ3n) is 3.79. The van der Waals surface area contributed by atoms with E-state index in [0.29, 0.717) is 0 Å². The molecule has 16 heavy (non-hydrogen) atoms. The van der Waals surface area contributed by atoms with Crippen LogP contribution < -0.4 is 5.32 Å². The van der Waals surface area contributed by atoms with Gasteiger partial charge in [-0.15, -0.1) is 0 Å². The van der Waals surface area contributed by atoms with Gasteiger partial charge in [-0.25, -0.2) is 0 Å². The van der Waals surface area contributed by atoms with Crippen molar-refractivity contribution in [3.05, 3.63) is 34.9 Å². The van der Waals surface area contributed by atoms with Gasteiger partial charge in [0.2, 0.25) is 0 Å². The second-order valence-corrected chi connectivity index (χ2v) is 5.52. The molecule has 2 aliphatic rings. The maximum atomic E-state index is 6.02. The van der Waals surface area contributed by atoms with Gasteiger partial charge in [-0.1, -0.05) is 32.0 Å². The molecule has 0 radical (unpaired) electrons. The second-order valence-electron chi connectivity index (χ2n) is 5.52. The summed E-state index contributed by atoms with van der Waals surface area (Å²) in [4.78, 5) is 0. The quantitative estimate of drug-likeness (QED) is 0.719. The Labute approximate surface area is 97.0 Å². The van der Waals surface area contributed by atoms with Crippen LogP contribution in [0.25, 0.3) is 0 Å². The molecule has 1 aromatic carbocycles. The van der Waals surface area contributed by atoms with E-state index in [9.17, 15) is 0 Å². The van der Waals surface area contributed by atoms with Crippen LogP contribution in [0.5, 0.6) is 0 Å². The van der Waals surface area contributed by atoms with Gasteiger partial charge in [-0.3, -0.25) is 0 Å². The van der Waals surface area contributed by atoms with Crippen molar-refractivity contribution < 1.29 is 4.74 Å². The van der Waals surface area contributed by atoms with Crippen LogP contribution in [0.4, 0.5) is 0 Å². The van der Waals surface area contributed by atoms with Crippen LogP contribution in [-0.4, -0.2) is 19.7 Å². The predicted octanol–water partition coefficient (Wildman–Crippen LogP) is 2.18. The fourth-order valence-electron chi connectivity index (χ4n) is 2.89. The van der Waals surface area contributed by atoms with E-state index in [2.05, 4.69) is 37.4 Å². The van der Waals surface area contributed by atoms with Gasteiger partial charge in [0.05, 0.1) is 12.7 Å². The molecule has 1 unspecified atom stereocenters. The number of rotatable bonds is 0. The van der Waals surface area contributed by atoms with Crippen molar-refractivity contribution in [3.8, 4) is 0 Å². The Hall–Kier alpha value is -0.860. The summed E-state index contributed by atoms with van der Waals surface area (Å²) in [5.74, 6) is 0. The summed E-state index contributed by atoms with van der Waals surface area (Å²) >= 11 is 0. The van der Waals surface area contributed by atoms with Crippen molar-refractivity contribution in [3.63, 3.8) is 0 Å². The van der Waals surface area contributed by atoms with Crippen LogP contribution in [0.1, 0.15) is 36.6 Å². The Morgan fingerprint density at radius 2 is 2.25 bits per heavy atom. The highest BCUT2D eigenvalue weighted by atomic mass is 16.5. The minimum absolute atomic E-state index is 0.159. The molecule has 0 saturated carbocycles. The molecule has 0 saturated heterocycles. The minimum Gasteiger partial charge on any atom is -0.371 e. The molecule has 86 valence electrons. The molecule has 2 nitrogen and oxygen atoms in total. The van der Waals surface area contributed by atoms with Crippen molar-refractivity contribution in [1.29, 1.82) is 0 Å². The number of nitrogens with one attached hydrogen (secondary N) is 1. The van der Waals surface area contributed by atoms with Crippen LogP contribution in [-0.2, 0) is 16.6 Å². The molecular formula is C14H19NO. The highest BCUT2D eigenvalue weighted by Crippen LogP contribution is 2.40. The smallest absolute Gasteiger partial charge is 0.0955 e. The molecule has 0 fully saturated rings. The first kappa shape index (κ1) is 10.3. The van der Waals surface area contributed by atoms with Crippen molar-refractivity contribution >= 4 is 0 Å². The van der Waals surface area contributed by atoms with Gasteiger partial charge in [0.25, 0.3) is 0 Å². The Bertz CT molecular complexity index is 411. The highest BCUT2D eigenvalue weighted by molar-refractivity contribution is 5.43. The third kappa shape index (κ3) is 1.48. The van der Waals surface area contributed by atoms with E-state index >= 15 is 0 Å². The SMILES string of the molecule is CC1(C)COC2CNCCc3cccc1c32. The minimum atomic E-state index is 0.159. The molecule has 0 aliphatic carbocycles. The largest absolute Gasteiger partial charge is 0.371 e. The summed E-state index contributed by atoms with van der Waals surface area (Å²) in [5.41, 5.74) is 4.58. The summed E-state index contributed by atoms with van der Waals surface area (Å²) < 4.78 is 6.02. The fraction of sp³-hybridized carbons (Fsp3) is 0.571. The molecule has 0 spiro atoms. The highest BCUT2D eigenvalue weighted by Gasteiger charge is 2.35. The summed E-state index contributed by atoms with van der Waals surface area (Å²) in [6, 6.07) is 6.73. The zero-order valence-corrected chi connectivity index (χ0v) is 10.0. The number of ether oxygens (including phenoxy) is 1. The zero-order valence-electron chi connectivity index (χ0n) is 10.0. The lowest BCUT2D eigenvalue weighted by molar-refractivity contribution is 0.00860. The maximum Gasteiger partial charge on any atom is 0.0955 e. The zero-order chi connectivity index (χ0) is 11.2. The first-order valence-electron chi connectivity index (χ1n) is 6.13. The monoisotopic (exact) mass is 217 g/mol. The summed E-state index contributed by atoms with van der Waals surface area (Å²) in [6.07, 6.45) is 1.39. The Morgan fingerprint density at radius 1 is 1.38 bits per heavy atom. The van der Waals surface area contributed by atoms with Crippen LogP contribution in [0.2, 0.25) is 0 Å². The molecule has 3 rings (SSSR count). The predicted molar refractivity (Wildman–Crippen MR) is 64.7 cm³/mol. The van der Waals surface area contributed by atoms with Gasteiger partial charge in [0, 0.05) is 12.0 Å². The number of hydrogen-bond donors (Lipinski definition) is 1. The van der Waals surface area contributed by atoms with Crippen molar-refractivity contribution in [2.75, 3.05) is 19.7 Å². The summed E-state index contributed by atoms with van der Waals surface area (Å²) in [6.45, 7) is 7.40. The van der Waals surface area contributed by atoms with E-state index in [0.717, 1.165) is 26.1 Å². The molecular weight excluding hydrogens is 198 g/mol. The lowest BCUT2D eigenvalue weighted by Gasteiger charge is -2.37. The van der Waals surface area contributed by atoms with Gasteiger partial charge in [0.15, 0.2) is 0 Å². The molecule has 2 heteroatoms. The van der Waals surface area contributed by atoms with Crippen LogP contribution >= 0.6 is 0 Å². The van der Waals surface area contributed by atoms with E-state index in [1.807, 2.05) is 0 Å². The molecule has 1 N–H and O–H groups in total. The van der Waals surface area contributed by atoms with Gasteiger partial charge in [-0.2, -0.15) is 0 Å². The first-order chi connectivity index (χ1) is 7.68. The molecule has 0 aromatic heterocycles. The van der Waals surface area contributed by atoms with Gasteiger partial charge >= 0.3 is 0 Å². The molecule has 1 aromatic rings. The Morgan fingerprint density at radius 3 is 3.12 bits per heavy atom. The Kier molecular flexibility index (Phi) is 2.30. The fourth-order valence-corrected chi connectivity index (χ4v) is 2.89. The average Bonchev–Trinajstić information content (AvgIpc) is 2.47. The molecule has 0 bridgehead atoms. The standard InChI is InChI=1S/C14H19NO/c1-14(2)9-16-12-8-15-7-6-10-4-3-5-11(14)13(10)12/h3-5,12,15H,6-9H2,1-2H3. The van der Waals surface area contributed by atoms with E-state index in [1.54, 1.807) is 0 Å². The van der Waals surface area contributed by atoms with Gasteiger partial charge in [-0.05, 0) is 29.7 Å². The van der Waals surface area contributed by atoms with Crippen LogP contribution in [0.15, 0.2) is 18.2 Å². The lowest BCUT2D eigenvalue weighted by Crippen LogP contribution is -2.35.